The Hall–Kier alpha value is -1.35. The number of aromatic amines is 1. The van der Waals surface area contributed by atoms with Crippen LogP contribution in [0.2, 0.25) is 0 Å². The van der Waals surface area contributed by atoms with E-state index in [0.717, 1.165) is 24.7 Å². The van der Waals surface area contributed by atoms with Gasteiger partial charge in [0.2, 0.25) is 0 Å². The zero-order chi connectivity index (χ0) is 12.5. The van der Waals surface area contributed by atoms with Gasteiger partial charge >= 0.3 is 0 Å². The normalized spacial score (nSPS) is 10.9. The number of anilines is 1. The van der Waals surface area contributed by atoms with Crippen LogP contribution in [0.4, 0.5) is 5.69 Å². The summed E-state index contributed by atoms with van der Waals surface area (Å²) in [5.74, 6) is 0. The van der Waals surface area contributed by atoms with Crippen LogP contribution in [0.1, 0.15) is 0 Å². The smallest absolute Gasteiger partial charge is 0.181 e. The third-order valence-corrected chi connectivity index (χ3v) is 4.69. The molecule has 0 unspecified atom stereocenters. The summed E-state index contributed by atoms with van der Waals surface area (Å²) in [6.07, 6.45) is 3.15. The Labute approximate surface area is 121 Å². The summed E-state index contributed by atoms with van der Waals surface area (Å²) >= 11 is 3.84. The molecule has 0 radical (unpaired) electrons. The maximum atomic E-state index is 5.74. The molecule has 0 spiro atoms. The van der Waals surface area contributed by atoms with Gasteiger partial charge < -0.3 is 10.7 Å². The number of aromatic nitrogens is 4. The van der Waals surface area contributed by atoms with Crippen molar-refractivity contribution >= 4 is 51.2 Å². The first-order valence-corrected chi connectivity index (χ1v) is 7.00. The van der Waals surface area contributed by atoms with Crippen molar-refractivity contribution < 1.29 is 0 Å². The number of halogens is 1. The van der Waals surface area contributed by atoms with Crippen molar-refractivity contribution in [3.63, 3.8) is 0 Å². The minimum atomic E-state index is 0.679. The molecule has 0 amide bonds. The van der Waals surface area contributed by atoms with Crippen molar-refractivity contribution in [3.05, 3.63) is 34.4 Å². The summed E-state index contributed by atoms with van der Waals surface area (Å²) in [7, 11) is 0. The molecule has 90 valence electrons. The van der Waals surface area contributed by atoms with Crippen molar-refractivity contribution in [1.29, 1.82) is 0 Å². The maximum absolute atomic E-state index is 5.74. The van der Waals surface area contributed by atoms with Gasteiger partial charge in [-0.25, -0.2) is 15.0 Å². The molecule has 0 aliphatic heterocycles. The summed E-state index contributed by atoms with van der Waals surface area (Å²) in [5.41, 5.74) is 8.04. The number of benzene rings is 1. The second kappa shape index (κ2) is 4.73. The van der Waals surface area contributed by atoms with Crippen LogP contribution in [0, 0.1) is 3.57 Å². The lowest BCUT2D eigenvalue weighted by Gasteiger charge is -2.04. The molecular formula is C11H8IN5S. The molecule has 5 nitrogen and oxygen atoms in total. The number of imidazole rings is 1. The van der Waals surface area contributed by atoms with Gasteiger partial charge in [0.05, 0.1) is 6.33 Å². The molecule has 0 bridgehead atoms. The number of hydrogen-bond acceptors (Lipinski definition) is 5. The quantitative estimate of drug-likeness (QED) is 0.413. The van der Waals surface area contributed by atoms with Gasteiger partial charge in [0.15, 0.2) is 5.65 Å². The lowest BCUT2D eigenvalue weighted by atomic mass is 10.3. The summed E-state index contributed by atoms with van der Waals surface area (Å²) in [5, 5.41) is 0.861. The lowest BCUT2D eigenvalue weighted by Crippen LogP contribution is -1.89. The molecular weight excluding hydrogens is 361 g/mol. The Kier molecular flexibility index (Phi) is 3.08. The summed E-state index contributed by atoms with van der Waals surface area (Å²) in [6, 6.07) is 5.82. The van der Waals surface area contributed by atoms with E-state index in [4.69, 9.17) is 5.73 Å². The van der Waals surface area contributed by atoms with Crippen molar-refractivity contribution in [2.75, 3.05) is 5.73 Å². The SMILES string of the molecule is Nc1ccc(Sc2ncnc3nc[nH]c23)c(I)c1. The van der Waals surface area contributed by atoms with Crippen LogP contribution in [0.25, 0.3) is 11.2 Å². The van der Waals surface area contributed by atoms with Crippen LogP contribution >= 0.6 is 34.4 Å². The Morgan fingerprint density at radius 1 is 1.22 bits per heavy atom. The van der Waals surface area contributed by atoms with E-state index in [0.29, 0.717) is 5.65 Å². The van der Waals surface area contributed by atoms with Crippen molar-refractivity contribution in [1.82, 2.24) is 19.9 Å². The van der Waals surface area contributed by atoms with Gasteiger partial charge in [-0.3, -0.25) is 0 Å². The molecule has 18 heavy (non-hydrogen) atoms. The predicted octanol–water partition coefficient (Wildman–Crippen LogP) is 2.69. The second-order valence-electron chi connectivity index (χ2n) is 3.57. The van der Waals surface area contributed by atoms with E-state index in [2.05, 4.69) is 42.5 Å². The highest BCUT2D eigenvalue weighted by Gasteiger charge is 2.09. The average molecular weight is 369 g/mol. The number of nitrogen functional groups attached to an aromatic ring is 1. The second-order valence-corrected chi connectivity index (χ2v) is 5.76. The zero-order valence-corrected chi connectivity index (χ0v) is 12.1. The molecule has 0 saturated heterocycles. The Morgan fingerprint density at radius 2 is 2.11 bits per heavy atom. The molecule has 2 aromatic heterocycles. The molecule has 0 saturated carbocycles. The standard InChI is InChI=1S/C11H8IN5S/c12-7-3-6(13)1-2-8(7)18-11-9-10(15-4-14-9)16-5-17-11/h1-5H,13H2,(H,14,15,16,17). The van der Waals surface area contributed by atoms with Gasteiger partial charge in [-0.05, 0) is 40.8 Å². The van der Waals surface area contributed by atoms with Crippen LogP contribution in [-0.2, 0) is 0 Å². The highest BCUT2D eigenvalue weighted by Crippen LogP contribution is 2.33. The van der Waals surface area contributed by atoms with E-state index in [-0.39, 0.29) is 0 Å². The predicted molar refractivity (Wildman–Crippen MR) is 79.4 cm³/mol. The monoisotopic (exact) mass is 369 g/mol. The molecule has 2 heterocycles. The van der Waals surface area contributed by atoms with Crippen LogP contribution in [0.15, 0.2) is 40.8 Å². The molecule has 3 rings (SSSR count). The molecule has 3 N–H and O–H groups in total. The van der Waals surface area contributed by atoms with Crippen molar-refractivity contribution in [2.24, 2.45) is 0 Å². The average Bonchev–Trinajstić information content (AvgIpc) is 2.82. The Balaban J connectivity index is 2.03. The van der Waals surface area contributed by atoms with E-state index >= 15 is 0 Å². The van der Waals surface area contributed by atoms with E-state index in [1.807, 2.05) is 18.2 Å². The van der Waals surface area contributed by atoms with Crippen molar-refractivity contribution in [3.8, 4) is 0 Å². The van der Waals surface area contributed by atoms with Gasteiger partial charge in [-0.15, -0.1) is 0 Å². The molecule has 1 aromatic carbocycles. The summed E-state index contributed by atoms with van der Waals surface area (Å²) < 4.78 is 1.10. The largest absolute Gasteiger partial charge is 0.399 e. The molecule has 0 atom stereocenters. The molecule has 0 aliphatic carbocycles. The molecule has 0 aliphatic rings. The number of nitrogens with two attached hydrogens (primary N) is 1. The highest BCUT2D eigenvalue weighted by molar-refractivity contribution is 14.1. The number of fused-ring (bicyclic) bond motifs is 1. The lowest BCUT2D eigenvalue weighted by molar-refractivity contribution is 1.08. The minimum absolute atomic E-state index is 0.679. The Morgan fingerprint density at radius 3 is 2.94 bits per heavy atom. The van der Waals surface area contributed by atoms with Gasteiger partial charge in [-0.1, -0.05) is 11.8 Å². The summed E-state index contributed by atoms with van der Waals surface area (Å²) in [4.78, 5) is 16.7. The fraction of sp³-hybridized carbons (Fsp3) is 0. The van der Waals surface area contributed by atoms with Crippen LogP contribution < -0.4 is 5.73 Å². The number of nitrogens with zero attached hydrogens (tertiary/aromatic N) is 3. The molecule has 3 aromatic rings. The number of nitrogens with one attached hydrogen (secondary N) is 1. The first-order valence-electron chi connectivity index (χ1n) is 5.11. The van der Waals surface area contributed by atoms with E-state index in [9.17, 15) is 0 Å². The minimum Gasteiger partial charge on any atom is -0.399 e. The first-order chi connectivity index (χ1) is 8.74. The van der Waals surface area contributed by atoms with Gasteiger partial charge in [0, 0.05) is 14.2 Å². The highest BCUT2D eigenvalue weighted by atomic mass is 127. The van der Waals surface area contributed by atoms with Gasteiger partial charge in [0.25, 0.3) is 0 Å². The van der Waals surface area contributed by atoms with E-state index in [1.54, 1.807) is 18.1 Å². The van der Waals surface area contributed by atoms with Crippen molar-refractivity contribution in [2.45, 2.75) is 9.92 Å². The van der Waals surface area contributed by atoms with Crippen LogP contribution in [0.3, 0.4) is 0 Å². The third kappa shape index (κ3) is 2.15. The van der Waals surface area contributed by atoms with Crippen LogP contribution in [0.5, 0.6) is 0 Å². The molecule has 7 heteroatoms. The van der Waals surface area contributed by atoms with E-state index < -0.39 is 0 Å². The first kappa shape index (κ1) is 11.7. The number of rotatable bonds is 2. The third-order valence-electron chi connectivity index (χ3n) is 2.35. The zero-order valence-electron chi connectivity index (χ0n) is 9.09. The molecule has 0 fully saturated rings. The number of hydrogen-bond donors (Lipinski definition) is 2. The topological polar surface area (TPSA) is 80.5 Å². The van der Waals surface area contributed by atoms with Gasteiger partial charge in [0.1, 0.15) is 16.9 Å². The maximum Gasteiger partial charge on any atom is 0.181 e. The summed E-state index contributed by atoms with van der Waals surface area (Å²) in [6.45, 7) is 0. The Bertz CT molecular complexity index is 711. The van der Waals surface area contributed by atoms with Gasteiger partial charge in [-0.2, -0.15) is 0 Å². The number of H-pyrrole nitrogens is 1. The van der Waals surface area contributed by atoms with E-state index in [1.165, 1.54) is 6.33 Å². The van der Waals surface area contributed by atoms with Crippen LogP contribution in [-0.4, -0.2) is 19.9 Å². The fourth-order valence-corrected chi connectivity index (χ4v) is 3.25. The fourth-order valence-electron chi connectivity index (χ4n) is 1.52.